The average Bonchev–Trinajstić information content (AvgIpc) is 2.82. The third kappa shape index (κ3) is 4.94. The lowest BCUT2D eigenvalue weighted by molar-refractivity contribution is 0.0904. The maximum atomic E-state index is 6.38. The van der Waals surface area contributed by atoms with Crippen LogP contribution in [0.2, 0.25) is 10.0 Å². The Morgan fingerprint density at radius 3 is 2.41 bits per heavy atom. The van der Waals surface area contributed by atoms with E-state index in [2.05, 4.69) is 15.1 Å². The van der Waals surface area contributed by atoms with Gasteiger partial charge in [-0.1, -0.05) is 35.3 Å². The molecule has 3 aromatic rings. The second-order valence-electron chi connectivity index (χ2n) is 8.41. The molecule has 2 aliphatic heterocycles. The molecule has 0 bridgehead atoms. The Morgan fingerprint density at radius 2 is 1.66 bits per heavy atom. The number of piperazine rings is 1. The van der Waals surface area contributed by atoms with Gasteiger partial charge in [-0.2, -0.15) is 0 Å². The van der Waals surface area contributed by atoms with Crippen LogP contribution in [0.1, 0.15) is 18.4 Å². The molecule has 2 aliphatic rings. The number of benzene rings is 2. The maximum Gasteiger partial charge on any atom is 0.172 e. The highest BCUT2D eigenvalue weighted by Gasteiger charge is 2.24. The molecule has 0 aliphatic carbocycles. The van der Waals surface area contributed by atoms with Gasteiger partial charge in [0, 0.05) is 62.0 Å². The van der Waals surface area contributed by atoms with E-state index in [1.54, 1.807) is 0 Å². The monoisotopic (exact) mass is 471 g/mol. The Kier molecular flexibility index (Phi) is 6.64. The second kappa shape index (κ2) is 9.79. The van der Waals surface area contributed by atoms with E-state index in [1.165, 1.54) is 0 Å². The Morgan fingerprint density at radius 1 is 0.938 bits per heavy atom. The molecule has 0 spiro atoms. The van der Waals surface area contributed by atoms with E-state index in [0.717, 1.165) is 97.1 Å². The standard InChI is InChI=1S/C24H27Cl2N5O/c25-18-5-6-20(26)17(15-18)16-30-9-11-31(12-10-30)24-23(27-19-7-13-32-14-8-19)28-21-3-1-2-4-22(21)29-24/h1-6,15,19H,7-14,16H2,(H,27,28). The number of aromatic nitrogens is 2. The van der Waals surface area contributed by atoms with Crippen molar-refractivity contribution >= 4 is 45.9 Å². The van der Waals surface area contributed by atoms with Gasteiger partial charge in [0.15, 0.2) is 11.6 Å². The molecule has 1 N–H and O–H groups in total. The van der Waals surface area contributed by atoms with Gasteiger partial charge in [-0.3, -0.25) is 4.90 Å². The minimum atomic E-state index is 0.365. The fourth-order valence-corrected chi connectivity index (χ4v) is 4.74. The zero-order valence-corrected chi connectivity index (χ0v) is 19.4. The maximum absolute atomic E-state index is 6.38. The van der Waals surface area contributed by atoms with Gasteiger partial charge in [0.25, 0.3) is 0 Å². The summed E-state index contributed by atoms with van der Waals surface area (Å²) in [5.74, 6) is 1.82. The van der Waals surface area contributed by atoms with Crippen molar-refractivity contribution in [3.8, 4) is 0 Å². The van der Waals surface area contributed by atoms with Crippen molar-refractivity contribution in [3.63, 3.8) is 0 Å². The minimum absolute atomic E-state index is 0.365. The van der Waals surface area contributed by atoms with Crippen LogP contribution in [-0.2, 0) is 11.3 Å². The molecular formula is C24H27Cl2N5O. The summed E-state index contributed by atoms with van der Waals surface area (Å²) < 4.78 is 5.52. The number of nitrogens with one attached hydrogen (secondary N) is 1. The summed E-state index contributed by atoms with van der Waals surface area (Å²) in [6, 6.07) is 14.1. The predicted octanol–water partition coefficient (Wildman–Crippen LogP) is 4.85. The summed E-state index contributed by atoms with van der Waals surface area (Å²) in [6.45, 7) is 5.99. The molecule has 3 heterocycles. The summed E-state index contributed by atoms with van der Waals surface area (Å²) in [5, 5.41) is 5.15. The van der Waals surface area contributed by atoms with Crippen molar-refractivity contribution in [2.75, 3.05) is 49.6 Å². The van der Waals surface area contributed by atoms with Gasteiger partial charge in [0.05, 0.1) is 11.0 Å². The van der Waals surface area contributed by atoms with Crippen LogP contribution in [0.4, 0.5) is 11.6 Å². The normalized spacial score (nSPS) is 18.2. The summed E-state index contributed by atoms with van der Waals surface area (Å²) >= 11 is 12.5. The lowest BCUT2D eigenvalue weighted by atomic mass is 10.1. The third-order valence-corrected chi connectivity index (χ3v) is 6.79. The SMILES string of the molecule is Clc1ccc(Cl)c(CN2CCN(c3nc4ccccc4nc3NC3CCOCC3)CC2)c1. The Hall–Kier alpha value is -2.12. The van der Waals surface area contributed by atoms with Gasteiger partial charge in [-0.15, -0.1) is 0 Å². The largest absolute Gasteiger partial charge is 0.381 e. The quantitative estimate of drug-likeness (QED) is 0.573. The molecule has 0 radical (unpaired) electrons. The number of halogens is 2. The molecule has 6 nitrogen and oxygen atoms in total. The summed E-state index contributed by atoms with van der Waals surface area (Å²) in [7, 11) is 0. The first-order valence-corrected chi connectivity index (χ1v) is 11.9. The van der Waals surface area contributed by atoms with Crippen molar-refractivity contribution in [1.29, 1.82) is 0 Å². The lowest BCUT2D eigenvalue weighted by Gasteiger charge is -2.36. The smallest absolute Gasteiger partial charge is 0.172 e. The summed E-state index contributed by atoms with van der Waals surface area (Å²) in [4.78, 5) is 14.7. The van der Waals surface area contributed by atoms with Crippen LogP contribution in [0.15, 0.2) is 42.5 Å². The lowest BCUT2D eigenvalue weighted by Crippen LogP contribution is -2.46. The predicted molar refractivity (Wildman–Crippen MR) is 131 cm³/mol. The number of rotatable bonds is 5. The summed E-state index contributed by atoms with van der Waals surface area (Å²) in [5.41, 5.74) is 2.91. The van der Waals surface area contributed by atoms with Crippen LogP contribution < -0.4 is 10.2 Å². The molecule has 2 saturated heterocycles. The van der Waals surface area contributed by atoms with Crippen molar-refractivity contribution in [1.82, 2.24) is 14.9 Å². The van der Waals surface area contributed by atoms with E-state index in [0.29, 0.717) is 6.04 Å². The van der Waals surface area contributed by atoms with Crippen LogP contribution in [0.5, 0.6) is 0 Å². The van der Waals surface area contributed by atoms with Crippen molar-refractivity contribution in [3.05, 3.63) is 58.1 Å². The zero-order chi connectivity index (χ0) is 21.9. The number of hydrogen-bond acceptors (Lipinski definition) is 6. The highest BCUT2D eigenvalue weighted by atomic mass is 35.5. The molecule has 8 heteroatoms. The topological polar surface area (TPSA) is 53.5 Å². The highest BCUT2D eigenvalue weighted by Crippen LogP contribution is 2.29. The molecule has 168 valence electrons. The number of anilines is 2. The second-order valence-corrected chi connectivity index (χ2v) is 9.26. The van der Waals surface area contributed by atoms with Gasteiger partial charge in [-0.25, -0.2) is 9.97 Å². The Bertz CT molecular complexity index is 1080. The molecule has 32 heavy (non-hydrogen) atoms. The Balaban J connectivity index is 1.33. The van der Waals surface area contributed by atoms with Crippen LogP contribution in [0.3, 0.4) is 0 Å². The molecule has 5 rings (SSSR count). The zero-order valence-electron chi connectivity index (χ0n) is 17.9. The van der Waals surface area contributed by atoms with E-state index in [1.807, 2.05) is 42.5 Å². The molecule has 0 unspecified atom stereocenters. The van der Waals surface area contributed by atoms with Gasteiger partial charge in [-0.05, 0) is 48.7 Å². The number of para-hydroxylation sites is 2. The van der Waals surface area contributed by atoms with Gasteiger partial charge < -0.3 is 15.0 Å². The molecule has 1 aromatic heterocycles. The van der Waals surface area contributed by atoms with Gasteiger partial charge in [0.1, 0.15) is 0 Å². The fraction of sp³-hybridized carbons (Fsp3) is 0.417. The molecular weight excluding hydrogens is 445 g/mol. The minimum Gasteiger partial charge on any atom is -0.381 e. The van der Waals surface area contributed by atoms with Crippen molar-refractivity contribution in [2.45, 2.75) is 25.4 Å². The Labute approximate surface area is 198 Å². The molecule has 2 aromatic carbocycles. The van der Waals surface area contributed by atoms with Crippen molar-refractivity contribution < 1.29 is 4.74 Å². The average molecular weight is 472 g/mol. The van der Waals surface area contributed by atoms with E-state index in [9.17, 15) is 0 Å². The van der Waals surface area contributed by atoms with E-state index in [4.69, 9.17) is 37.9 Å². The van der Waals surface area contributed by atoms with Crippen LogP contribution in [-0.4, -0.2) is 60.3 Å². The van der Waals surface area contributed by atoms with Crippen LogP contribution in [0, 0.1) is 0 Å². The van der Waals surface area contributed by atoms with Gasteiger partial charge in [0.2, 0.25) is 0 Å². The number of hydrogen-bond donors (Lipinski definition) is 1. The van der Waals surface area contributed by atoms with E-state index >= 15 is 0 Å². The van der Waals surface area contributed by atoms with E-state index < -0.39 is 0 Å². The van der Waals surface area contributed by atoms with Crippen LogP contribution >= 0.6 is 23.2 Å². The number of ether oxygens (including phenoxy) is 1. The van der Waals surface area contributed by atoms with Gasteiger partial charge >= 0.3 is 0 Å². The number of nitrogens with zero attached hydrogens (tertiary/aromatic N) is 4. The third-order valence-electron chi connectivity index (χ3n) is 6.19. The first-order valence-electron chi connectivity index (χ1n) is 11.2. The fourth-order valence-electron chi connectivity index (χ4n) is 4.37. The number of fused-ring (bicyclic) bond motifs is 1. The molecule has 0 amide bonds. The summed E-state index contributed by atoms with van der Waals surface area (Å²) in [6.07, 6.45) is 1.98. The first kappa shape index (κ1) is 21.7. The molecule has 0 saturated carbocycles. The van der Waals surface area contributed by atoms with Crippen molar-refractivity contribution in [2.24, 2.45) is 0 Å². The van der Waals surface area contributed by atoms with Crippen LogP contribution in [0.25, 0.3) is 11.0 Å². The van der Waals surface area contributed by atoms with E-state index in [-0.39, 0.29) is 0 Å². The highest BCUT2D eigenvalue weighted by molar-refractivity contribution is 6.33. The molecule has 0 atom stereocenters. The molecule has 2 fully saturated rings. The first-order chi connectivity index (χ1) is 15.7.